The third-order valence-electron chi connectivity index (χ3n) is 5.18. The Labute approximate surface area is 197 Å². The lowest BCUT2D eigenvalue weighted by Crippen LogP contribution is -2.50. The van der Waals surface area contributed by atoms with Crippen molar-refractivity contribution in [1.82, 2.24) is 10.2 Å². The molecule has 0 heterocycles. The van der Waals surface area contributed by atoms with Gasteiger partial charge in [-0.05, 0) is 38.0 Å². The predicted octanol–water partition coefficient (Wildman–Crippen LogP) is 3.97. The summed E-state index contributed by atoms with van der Waals surface area (Å²) in [7, 11) is 1.31. The highest BCUT2D eigenvalue weighted by Crippen LogP contribution is 2.30. The van der Waals surface area contributed by atoms with Gasteiger partial charge < -0.3 is 19.7 Å². The Morgan fingerprint density at radius 2 is 1.91 bits per heavy atom. The van der Waals surface area contributed by atoms with E-state index in [9.17, 15) is 19.7 Å². The van der Waals surface area contributed by atoms with Crippen LogP contribution in [0.4, 0.5) is 5.69 Å². The van der Waals surface area contributed by atoms with Gasteiger partial charge in [0.2, 0.25) is 11.7 Å². The van der Waals surface area contributed by atoms with E-state index < -0.39 is 16.9 Å². The van der Waals surface area contributed by atoms with E-state index in [1.807, 2.05) is 13.8 Å². The van der Waals surface area contributed by atoms with Gasteiger partial charge in [-0.1, -0.05) is 36.7 Å². The molecule has 0 unspecified atom stereocenters. The molecular weight excluding hydrogens is 450 g/mol. The number of hydrogen-bond donors (Lipinski definition) is 1. The number of methoxy groups -OCH3 is 1. The number of ether oxygens (including phenoxy) is 2. The number of benzene rings is 2. The molecule has 0 fully saturated rings. The largest absolute Gasteiger partial charge is 0.490 e. The van der Waals surface area contributed by atoms with Crippen molar-refractivity contribution in [2.24, 2.45) is 0 Å². The van der Waals surface area contributed by atoms with E-state index in [4.69, 9.17) is 21.1 Å². The molecule has 2 rings (SSSR count). The fraction of sp³-hybridized carbons (Fsp3) is 0.391. The predicted molar refractivity (Wildman–Crippen MR) is 125 cm³/mol. The number of hydrogen-bond acceptors (Lipinski definition) is 6. The molecular formula is C23H28ClN3O6. The Morgan fingerprint density at radius 1 is 1.21 bits per heavy atom. The second kappa shape index (κ2) is 12.1. The number of nitrogens with zero attached hydrogens (tertiary/aromatic N) is 2. The topological polar surface area (TPSA) is 111 Å². The smallest absolute Gasteiger partial charge is 0.311 e. The summed E-state index contributed by atoms with van der Waals surface area (Å²) in [6.07, 6.45) is 0.752. The molecule has 2 aromatic rings. The number of halogens is 1. The van der Waals surface area contributed by atoms with Gasteiger partial charge >= 0.3 is 5.69 Å². The Morgan fingerprint density at radius 3 is 2.52 bits per heavy atom. The Hall–Kier alpha value is -3.33. The first-order valence-electron chi connectivity index (χ1n) is 10.5. The molecule has 0 spiro atoms. The Kier molecular flexibility index (Phi) is 9.47. The van der Waals surface area contributed by atoms with Crippen molar-refractivity contribution in [3.05, 3.63) is 63.2 Å². The zero-order valence-corrected chi connectivity index (χ0v) is 19.8. The van der Waals surface area contributed by atoms with Crippen molar-refractivity contribution in [3.8, 4) is 11.5 Å². The van der Waals surface area contributed by atoms with Gasteiger partial charge in [-0.25, -0.2) is 0 Å². The zero-order valence-electron chi connectivity index (χ0n) is 19.0. The van der Waals surface area contributed by atoms with Crippen LogP contribution in [-0.4, -0.2) is 47.4 Å². The van der Waals surface area contributed by atoms with E-state index in [0.717, 1.165) is 6.42 Å². The van der Waals surface area contributed by atoms with Crippen molar-refractivity contribution in [1.29, 1.82) is 0 Å². The molecule has 9 nitrogen and oxygen atoms in total. The minimum atomic E-state index is -0.780. The molecule has 1 N–H and O–H groups in total. The molecule has 0 radical (unpaired) electrons. The molecule has 2 atom stereocenters. The highest BCUT2D eigenvalue weighted by Gasteiger charge is 2.28. The highest BCUT2D eigenvalue weighted by atomic mass is 35.5. The summed E-state index contributed by atoms with van der Waals surface area (Å²) in [4.78, 5) is 37.7. The standard InChI is InChI=1S/C23H28ClN3O6/c1-5-15(2)25-23(29)16(3)26(13-17-8-6-7-9-19(17)24)22(28)14-33-18-10-11-20(27(30)31)21(12-18)32-4/h6-12,15-16H,5,13-14H2,1-4H3,(H,25,29)/t15-,16-/m1/s1. The van der Waals surface area contributed by atoms with E-state index >= 15 is 0 Å². The molecule has 33 heavy (non-hydrogen) atoms. The first kappa shape index (κ1) is 25.9. The normalized spacial score (nSPS) is 12.4. The number of rotatable bonds is 11. The molecule has 0 aliphatic heterocycles. The van der Waals surface area contributed by atoms with Crippen molar-refractivity contribution < 1.29 is 24.0 Å². The van der Waals surface area contributed by atoms with Gasteiger partial charge in [0.15, 0.2) is 6.61 Å². The quantitative estimate of drug-likeness (QED) is 0.387. The molecule has 178 valence electrons. The fourth-order valence-corrected chi connectivity index (χ4v) is 3.18. The second-order valence-electron chi connectivity index (χ2n) is 7.49. The molecule has 0 aliphatic rings. The van der Waals surface area contributed by atoms with E-state index in [-0.39, 0.29) is 42.3 Å². The van der Waals surface area contributed by atoms with Gasteiger partial charge in [0, 0.05) is 29.7 Å². The van der Waals surface area contributed by atoms with E-state index in [1.54, 1.807) is 31.2 Å². The maximum absolute atomic E-state index is 13.1. The van der Waals surface area contributed by atoms with Gasteiger partial charge in [-0.2, -0.15) is 0 Å². The lowest BCUT2D eigenvalue weighted by atomic mass is 10.1. The third-order valence-corrected chi connectivity index (χ3v) is 5.55. The van der Waals surface area contributed by atoms with Gasteiger partial charge in [-0.15, -0.1) is 0 Å². The first-order chi connectivity index (χ1) is 15.7. The number of carbonyl (C=O) groups is 2. The number of nitro benzene ring substituents is 1. The van der Waals surface area contributed by atoms with Crippen LogP contribution < -0.4 is 14.8 Å². The highest BCUT2D eigenvalue weighted by molar-refractivity contribution is 6.31. The summed E-state index contributed by atoms with van der Waals surface area (Å²) < 4.78 is 10.6. The molecule has 10 heteroatoms. The number of nitro groups is 1. The number of nitrogens with one attached hydrogen (secondary N) is 1. The second-order valence-corrected chi connectivity index (χ2v) is 7.89. The molecule has 0 bridgehead atoms. The van der Waals surface area contributed by atoms with Crippen molar-refractivity contribution in [2.45, 2.75) is 45.8 Å². The van der Waals surface area contributed by atoms with Crippen LogP contribution in [0, 0.1) is 10.1 Å². The van der Waals surface area contributed by atoms with Crippen LogP contribution >= 0.6 is 11.6 Å². The van der Waals surface area contributed by atoms with Crippen LogP contribution in [0.2, 0.25) is 5.02 Å². The minimum absolute atomic E-state index is 0.0131. The van der Waals surface area contributed by atoms with Crippen LogP contribution in [0.1, 0.15) is 32.8 Å². The van der Waals surface area contributed by atoms with E-state index in [2.05, 4.69) is 5.32 Å². The van der Waals surface area contributed by atoms with Crippen molar-refractivity contribution in [3.63, 3.8) is 0 Å². The first-order valence-corrected chi connectivity index (χ1v) is 10.8. The SMILES string of the molecule is CC[C@@H](C)NC(=O)[C@@H](C)N(Cc1ccccc1Cl)C(=O)COc1ccc([N+](=O)[O-])c(OC)c1. The van der Waals surface area contributed by atoms with Crippen LogP contribution in [0.15, 0.2) is 42.5 Å². The van der Waals surface area contributed by atoms with Crippen LogP contribution in [0.3, 0.4) is 0 Å². The number of carbonyl (C=O) groups excluding carboxylic acids is 2. The summed E-state index contributed by atoms with van der Waals surface area (Å²) in [5, 5.41) is 14.4. The lowest BCUT2D eigenvalue weighted by Gasteiger charge is -2.30. The number of amides is 2. The maximum Gasteiger partial charge on any atom is 0.311 e. The molecule has 0 aromatic heterocycles. The van der Waals surface area contributed by atoms with Crippen molar-refractivity contribution in [2.75, 3.05) is 13.7 Å². The van der Waals surface area contributed by atoms with Gasteiger partial charge in [0.1, 0.15) is 11.8 Å². The average Bonchev–Trinajstić information content (AvgIpc) is 2.80. The Bertz CT molecular complexity index is 1000. The molecule has 2 aromatic carbocycles. The third kappa shape index (κ3) is 7.08. The summed E-state index contributed by atoms with van der Waals surface area (Å²) in [6, 6.07) is 10.2. The van der Waals surface area contributed by atoms with E-state index in [1.165, 1.54) is 30.2 Å². The fourth-order valence-electron chi connectivity index (χ4n) is 2.98. The Balaban J connectivity index is 2.21. The lowest BCUT2D eigenvalue weighted by molar-refractivity contribution is -0.385. The summed E-state index contributed by atoms with van der Waals surface area (Å²) in [5.74, 6) is -0.500. The average molecular weight is 478 g/mol. The minimum Gasteiger partial charge on any atom is -0.490 e. The van der Waals surface area contributed by atoms with Crippen LogP contribution in [0.5, 0.6) is 11.5 Å². The van der Waals surface area contributed by atoms with Gasteiger partial charge in [-0.3, -0.25) is 19.7 Å². The molecule has 0 aliphatic carbocycles. The van der Waals surface area contributed by atoms with Crippen LogP contribution in [-0.2, 0) is 16.1 Å². The summed E-state index contributed by atoms with van der Waals surface area (Å²) in [6.45, 7) is 5.21. The van der Waals surface area contributed by atoms with Gasteiger partial charge in [0.05, 0.1) is 12.0 Å². The zero-order chi connectivity index (χ0) is 24.5. The molecule has 0 saturated carbocycles. The molecule has 2 amide bonds. The van der Waals surface area contributed by atoms with Crippen LogP contribution in [0.25, 0.3) is 0 Å². The van der Waals surface area contributed by atoms with E-state index in [0.29, 0.717) is 10.6 Å². The van der Waals surface area contributed by atoms with Crippen molar-refractivity contribution >= 4 is 29.1 Å². The summed E-state index contributed by atoms with van der Waals surface area (Å²) >= 11 is 6.27. The monoisotopic (exact) mass is 477 g/mol. The molecule has 0 saturated heterocycles. The summed E-state index contributed by atoms with van der Waals surface area (Å²) in [5.41, 5.74) is 0.472. The maximum atomic E-state index is 13.1. The van der Waals surface area contributed by atoms with Gasteiger partial charge in [0.25, 0.3) is 5.91 Å².